The van der Waals surface area contributed by atoms with Crippen molar-refractivity contribution < 1.29 is 0 Å². The van der Waals surface area contributed by atoms with Crippen LogP contribution < -0.4 is 9.80 Å². The van der Waals surface area contributed by atoms with Gasteiger partial charge in [0.1, 0.15) is 12.1 Å². The highest BCUT2D eigenvalue weighted by Crippen LogP contribution is 2.45. The summed E-state index contributed by atoms with van der Waals surface area (Å²) in [7, 11) is 4.02. The Labute approximate surface area is 154 Å². The minimum absolute atomic E-state index is 0.145. The van der Waals surface area contributed by atoms with Crippen LogP contribution in [0.4, 0.5) is 11.8 Å². The van der Waals surface area contributed by atoms with Crippen LogP contribution in [0.2, 0.25) is 0 Å². The van der Waals surface area contributed by atoms with Crippen LogP contribution in [0.15, 0.2) is 18.6 Å². The van der Waals surface area contributed by atoms with Crippen LogP contribution in [0.3, 0.4) is 0 Å². The van der Waals surface area contributed by atoms with E-state index in [9.17, 15) is 0 Å². The molecule has 5 rings (SSSR count). The number of anilines is 2. The molecular formula is C20H26N6. The Morgan fingerprint density at radius 1 is 1.15 bits per heavy atom. The van der Waals surface area contributed by atoms with Gasteiger partial charge in [-0.3, -0.25) is 0 Å². The van der Waals surface area contributed by atoms with Crippen molar-refractivity contribution in [2.24, 2.45) is 0 Å². The molecule has 1 spiro atoms. The first kappa shape index (κ1) is 16.0. The van der Waals surface area contributed by atoms with Crippen molar-refractivity contribution in [3.8, 4) is 0 Å². The molecule has 0 bridgehead atoms. The summed E-state index contributed by atoms with van der Waals surface area (Å²) >= 11 is 0. The molecule has 1 saturated heterocycles. The molecule has 6 nitrogen and oxygen atoms in total. The van der Waals surface area contributed by atoms with E-state index in [0.717, 1.165) is 31.3 Å². The number of piperidine rings is 1. The third kappa shape index (κ3) is 2.63. The van der Waals surface area contributed by atoms with Gasteiger partial charge in [0.25, 0.3) is 0 Å². The number of hydrogen-bond donors (Lipinski definition) is 0. The number of nitrogens with zero attached hydrogens (tertiary/aromatic N) is 6. The first-order valence-electron chi connectivity index (χ1n) is 9.75. The molecule has 1 atom stereocenters. The lowest BCUT2D eigenvalue weighted by Crippen LogP contribution is -2.46. The van der Waals surface area contributed by atoms with Gasteiger partial charge in [-0.1, -0.05) is 0 Å². The SMILES string of the molecule is CN(C)c1ncc2c(n1)C1(CCCN(c3cc(C4CC4)ncn3)C1)CC2. The van der Waals surface area contributed by atoms with E-state index in [0.29, 0.717) is 5.92 Å². The van der Waals surface area contributed by atoms with Gasteiger partial charge in [-0.25, -0.2) is 19.9 Å². The van der Waals surface area contributed by atoms with Gasteiger partial charge in [0.05, 0.1) is 5.69 Å². The molecule has 2 aromatic heterocycles. The first-order valence-corrected chi connectivity index (χ1v) is 9.75. The largest absolute Gasteiger partial charge is 0.356 e. The lowest BCUT2D eigenvalue weighted by molar-refractivity contribution is 0.333. The third-order valence-electron chi connectivity index (χ3n) is 6.20. The van der Waals surface area contributed by atoms with Gasteiger partial charge < -0.3 is 9.80 Å². The van der Waals surface area contributed by atoms with E-state index >= 15 is 0 Å². The minimum Gasteiger partial charge on any atom is -0.356 e. The zero-order valence-corrected chi connectivity index (χ0v) is 15.6. The highest BCUT2D eigenvalue weighted by atomic mass is 15.2. The summed E-state index contributed by atoms with van der Waals surface area (Å²) in [5.41, 5.74) is 3.97. The van der Waals surface area contributed by atoms with E-state index in [2.05, 4.69) is 25.9 Å². The number of fused-ring (bicyclic) bond motifs is 2. The van der Waals surface area contributed by atoms with E-state index in [4.69, 9.17) is 4.98 Å². The molecule has 3 aliphatic rings. The van der Waals surface area contributed by atoms with Crippen LogP contribution in [0.5, 0.6) is 0 Å². The maximum atomic E-state index is 4.97. The van der Waals surface area contributed by atoms with Gasteiger partial charge in [0, 0.05) is 56.5 Å². The summed E-state index contributed by atoms with van der Waals surface area (Å²) in [6, 6.07) is 2.22. The molecule has 6 heteroatoms. The maximum Gasteiger partial charge on any atom is 0.225 e. The van der Waals surface area contributed by atoms with Crippen LogP contribution in [-0.2, 0) is 11.8 Å². The minimum atomic E-state index is 0.145. The molecule has 0 radical (unpaired) electrons. The van der Waals surface area contributed by atoms with Crippen molar-refractivity contribution in [2.45, 2.75) is 49.9 Å². The highest BCUT2D eigenvalue weighted by Gasteiger charge is 2.44. The van der Waals surface area contributed by atoms with E-state index in [1.54, 1.807) is 6.33 Å². The second-order valence-corrected chi connectivity index (χ2v) is 8.32. The van der Waals surface area contributed by atoms with Crippen molar-refractivity contribution in [3.63, 3.8) is 0 Å². The molecular weight excluding hydrogens is 324 g/mol. The van der Waals surface area contributed by atoms with E-state index in [-0.39, 0.29) is 5.41 Å². The van der Waals surface area contributed by atoms with Crippen LogP contribution in [0.25, 0.3) is 0 Å². The molecule has 1 saturated carbocycles. The molecule has 136 valence electrons. The second-order valence-electron chi connectivity index (χ2n) is 8.32. The molecule has 1 aliphatic heterocycles. The molecule has 26 heavy (non-hydrogen) atoms. The average Bonchev–Trinajstić information content (AvgIpc) is 3.47. The topological polar surface area (TPSA) is 58.0 Å². The summed E-state index contributed by atoms with van der Waals surface area (Å²) in [6.45, 7) is 2.08. The number of aryl methyl sites for hydroxylation is 1. The zero-order chi connectivity index (χ0) is 17.7. The van der Waals surface area contributed by atoms with Gasteiger partial charge in [-0.15, -0.1) is 0 Å². The molecule has 0 aromatic carbocycles. The van der Waals surface area contributed by atoms with Crippen molar-refractivity contribution in [1.82, 2.24) is 19.9 Å². The van der Waals surface area contributed by atoms with E-state index in [1.165, 1.54) is 49.1 Å². The Hall–Kier alpha value is -2.24. The van der Waals surface area contributed by atoms with Crippen LogP contribution in [0.1, 0.15) is 55.0 Å². The fraction of sp³-hybridized carbons (Fsp3) is 0.600. The Balaban J connectivity index is 1.47. The van der Waals surface area contributed by atoms with Gasteiger partial charge in [-0.05, 0) is 44.1 Å². The van der Waals surface area contributed by atoms with Crippen LogP contribution >= 0.6 is 0 Å². The number of hydrogen-bond acceptors (Lipinski definition) is 6. The zero-order valence-electron chi connectivity index (χ0n) is 15.6. The molecule has 3 heterocycles. The van der Waals surface area contributed by atoms with Crippen molar-refractivity contribution >= 4 is 11.8 Å². The quantitative estimate of drug-likeness (QED) is 0.848. The second kappa shape index (κ2) is 5.89. The van der Waals surface area contributed by atoms with Gasteiger partial charge in [0.15, 0.2) is 0 Å². The summed E-state index contributed by atoms with van der Waals surface area (Å²) in [5.74, 6) is 2.58. The lowest BCUT2D eigenvalue weighted by Gasteiger charge is -2.41. The lowest BCUT2D eigenvalue weighted by atomic mass is 9.77. The van der Waals surface area contributed by atoms with Crippen LogP contribution in [-0.4, -0.2) is 47.1 Å². The monoisotopic (exact) mass is 350 g/mol. The van der Waals surface area contributed by atoms with E-state index in [1.807, 2.05) is 25.2 Å². The fourth-order valence-electron chi connectivity index (χ4n) is 4.61. The Kier molecular flexibility index (Phi) is 3.62. The molecule has 2 aliphatic carbocycles. The predicted molar refractivity (Wildman–Crippen MR) is 102 cm³/mol. The molecule has 0 N–H and O–H groups in total. The molecule has 2 fully saturated rings. The fourth-order valence-corrected chi connectivity index (χ4v) is 4.61. The third-order valence-corrected chi connectivity index (χ3v) is 6.20. The summed E-state index contributed by atoms with van der Waals surface area (Å²) in [4.78, 5) is 23.0. The predicted octanol–water partition coefficient (Wildman–Crippen LogP) is 2.69. The summed E-state index contributed by atoms with van der Waals surface area (Å²) in [5, 5.41) is 0. The number of aromatic nitrogens is 4. The normalized spacial score (nSPS) is 24.8. The smallest absolute Gasteiger partial charge is 0.225 e. The standard InChI is InChI=1S/C20H26N6/c1-25(2)19-21-11-15-6-8-20(18(15)24-19)7-3-9-26(12-20)17-10-16(14-4-5-14)22-13-23-17/h10-11,13-14H,3-9,12H2,1-2H3. The summed E-state index contributed by atoms with van der Waals surface area (Å²) in [6.07, 6.45) is 11.0. The van der Waals surface area contributed by atoms with E-state index < -0.39 is 0 Å². The van der Waals surface area contributed by atoms with Gasteiger partial charge >= 0.3 is 0 Å². The summed E-state index contributed by atoms with van der Waals surface area (Å²) < 4.78 is 0. The Morgan fingerprint density at radius 3 is 2.85 bits per heavy atom. The maximum absolute atomic E-state index is 4.97. The van der Waals surface area contributed by atoms with Crippen molar-refractivity contribution in [1.29, 1.82) is 0 Å². The Bertz CT molecular complexity index is 827. The number of rotatable bonds is 3. The van der Waals surface area contributed by atoms with Crippen LogP contribution in [0, 0.1) is 0 Å². The van der Waals surface area contributed by atoms with Gasteiger partial charge in [-0.2, -0.15) is 0 Å². The highest BCUT2D eigenvalue weighted by molar-refractivity contribution is 5.46. The molecule has 0 amide bonds. The Morgan fingerprint density at radius 2 is 2.04 bits per heavy atom. The molecule has 2 aromatic rings. The van der Waals surface area contributed by atoms with Gasteiger partial charge in [0.2, 0.25) is 5.95 Å². The average molecular weight is 350 g/mol. The van der Waals surface area contributed by atoms with Crippen molar-refractivity contribution in [2.75, 3.05) is 37.0 Å². The van der Waals surface area contributed by atoms with Crippen molar-refractivity contribution in [3.05, 3.63) is 35.5 Å². The first-order chi connectivity index (χ1) is 12.6. The molecule has 1 unspecified atom stereocenters.